The van der Waals surface area contributed by atoms with Gasteiger partial charge in [0.25, 0.3) is 11.8 Å². The molecule has 1 aliphatic heterocycles. The number of nitrogens with two attached hydrogens (primary N) is 1. The highest BCUT2D eigenvalue weighted by Crippen LogP contribution is 2.22. The topological polar surface area (TPSA) is 93.5 Å². The summed E-state index contributed by atoms with van der Waals surface area (Å²) < 4.78 is 5.53. The van der Waals surface area contributed by atoms with Crippen molar-refractivity contribution < 1.29 is 14.3 Å². The fourth-order valence-electron chi connectivity index (χ4n) is 2.28. The van der Waals surface area contributed by atoms with Gasteiger partial charge < -0.3 is 21.1 Å². The smallest absolute Gasteiger partial charge is 0.253 e. The SMILES string of the molecule is CC1CCC(C(=O)Nc2ccccc2C(=O)NCCN)O1. The normalized spacial score (nSPS) is 21.0. The highest BCUT2D eigenvalue weighted by Gasteiger charge is 2.28. The lowest BCUT2D eigenvalue weighted by molar-refractivity contribution is -0.126. The number of hydrogen-bond donors (Lipinski definition) is 3. The molecule has 0 aromatic heterocycles. The Bertz CT molecular complexity index is 519. The number of carbonyl (C=O) groups excluding carboxylic acids is 2. The van der Waals surface area contributed by atoms with Crippen molar-refractivity contribution in [2.45, 2.75) is 32.0 Å². The van der Waals surface area contributed by atoms with E-state index in [1.165, 1.54) is 0 Å². The molecular formula is C15H21N3O3. The van der Waals surface area contributed by atoms with Crippen molar-refractivity contribution in [3.8, 4) is 0 Å². The molecule has 6 heteroatoms. The third kappa shape index (κ3) is 4.03. The van der Waals surface area contributed by atoms with E-state index in [1.807, 2.05) is 6.92 Å². The molecule has 2 unspecified atom stereocenters. The van der Waals surface area contributed by atoms with Crippen LogP contribution in [0.25, 0.3) is 0 Å². The van der Waals surface area contributed by atoms with Crippen LogP contribution in [0.3, 0.4) is 0 Å². The molecule has 1 aliphatic rings. The van der Waals surface area contributed by atoms with Gasteiger partial charge in [-0.2, -0.15) is 0 Å². The van der Waals surface area contributed by atoms with E-state index in [0.717, 1.165) is 6.42 Å². The molecule has 0 bridgehead atoms. The minimum absolute atomic E-state index is 0.101. The molecule has 1 aromatic rings. The molecule has 2 rings (SSSR count). The summed E-state index contributed by atoms with van der Waals surface area (Å²) in [7, 11) is 0. The maximum absolute atomic E-state index is 12.2. The van der Waals surface area contributed by atoms with E-state index in [1.54, 1.807) is 24.3 Å². The summed E-state index contributed by atoms with van der Waals surface area (Å²) in [6, 6.07) is 6.89. The number of para-hydroxylation sites is 1. The number of carbonyl (C=O) groups is 2. The van der Waals surface area contributed by atoms with Crippen LogP contribution in [-0.4, -0.2) is 37.1 Å². The van der Waals surface area contributed by atoms with E-state index >= 15 is 0 Å². The first-order chi connectivity index (χ1) is 10.1. The lowest BCUT2D eigenvalue weighted by Crippen LogP contribution is -2.31. The molecule has 0 spiro atoms. The number of nitrogens with one attached hydrogen (secondary N) is 2. The van der Waals surface area contributed by atoms with Crippen molar-refractivity contribution in [1.82, 2.24) is 5.32 Å². The molecule has 0 saturated carbocycles. The minimum atomic E-state index is -0.444. The van der Waals surface area contributed by atoms with Crippen molar-refractivity contribution in [1.29, 1.82) is 0 Å². The van der Waals surface area contributed by atoms with Gasteiger partial charge in [0.1, 0.15) is 6.10 Å². The molecule has 1 heterocycles. The van der Waals surface area contributed by atoms with Gasteiger partial charge in [-0.15, -0.1) is 0 Å². The minimum Gasteiger partial charge on any atom is -0.365 e. The molecule has 4 N–H and O–H groups in total. The molecular weight excluding hydrogens is 270 g/mol. The summed E-state index contributed by atoms with van der Waals surface area (Å²) in [4.78, 5) is 24.2. The zero-order chi connectivity index (χ0) is 15.2. The molecule has 1 aromatic carbocycles. The van der Waals surface area contributed by atoms with Crippen molar-refractivity contribution in [3.63, 3.8) is 0 Å². The Hall–Kier alpha value is -1.92. The van der Waals surface area contributed by atoms with Crippen molar-refractivity contribution in [3.05, 3.63) is 29.8 Å². The zero-order valence-corrected chi connectivity index (χ0v) is 12.1. The standard InChI is InChI=1S/C15H21N3O3/c1-10-6-7-13(21-10)15(20)18-12-5-3-2-4-11(12)14(19)17-9-8-16/h2-5,10,13H,6-9,16H2,1H3,(H,17,19)(H,18,20). The Labute approximate surface area is 124 Å². The Kier molecular flexibility index (Phi) is 5.30. The highest BCUT2D eigenvalue weighted by atomic mass is 16.5. The lowest BCUT2D eigenvalue weighted by atomic mass is 10.1. The van der Waals surface area contributed by atoms with E-state index in [-0.39, 0.29) is 17.9 Å². The third-order valence-corrected chi connectivity index (χ3v) is 3.38. The van der Waals surface area contributed by atoms with Crippen LogP contribution in [0.4, 0.5) is 5.69 Å². The van der Waals surface area contributed by atoms with Gasteiger partial charge in [-0.05, 0) is 31.9 Å². The first kappa shape index (κ1) is 15.5. The Morgan fingerprint density at radius 2 is 2.10 bits per heavy atom. The van der Waals surface area contributed by atoms with Crippen LogP contribution in [0.5, 0.6) is 0 Å². The Balaban J connectivity index is 2.06. The summed E-state index contributed by atoms with van der Waals surface area (Å²) in [6.45, 7) is 2.71. The van der Waals surface area contributed by atoms with E-state index in [9.17, 15) is 9.59 Å². The third-order valence-electron chi connectivity index (χ3n) is 3.38. The van der Waals surface area contributed by atoms with Gasteiger partial charge in [0, 0.05) is 13.1 Å². The number of benzene rings is 1. The van der Waals surface area contributed by atoms with Crippen LogP contribution < -0.4 is 16.4 Å². The largest absolute Gasteiger partial charge is 0.365 e. The van der Waals surface area contributed by atoms with Crippen LogP contribution in [-0.2, 0) is 9.53 Å². The summed E-state index contributed by atoms with van der Waals surface area (Å²) in [5.41, 5.74) is 6.28. The summed E-state index contributed by atoms with van der Waals surface area (Å²) in [6.07, 6.45) is 1.23. The number of anilines is 1. The van der Waals surface area contributed by atoms with Crippen LogP contribution in [0, 0.1) is 0 Å². The first-order valence-corrected chi connectivity index (χ1v) is 7.15. The maximum atomic E-state index is 12.2. The maximum Gasteiger partial charge on any atom is 0.253 e. The summed E-state index contributed by atoms with van der Waals surface area (Å²) in [5, 5.41) is 5.47. The average molecular weight is 291 g/mol. The summed E-state index contributed by atoms with van der Waals surface area (Å²) >= 11 is 0. The molecule has 0 aliphatic carbocycles. The van der Waals surface area contributed by atoms with Gasteiger partial charge in [-0.3, -0.25) is 9.59 Å². The van der Waals surface area contributed by atoms with Crippen LogP contribution in [0.15, 0.2) is 24.3 Å². The number of amides is 2. The molecule has 1 fully saturated rings. The molecule has 6 nitrogen and oxygen atoms in total. The fourth-order valence-corrected chi connectivity index (χ4v) is 2.28. The van der Waals surface area contributed by atoms with E-state index < -0.39 is 6.10 Å². The van der Waals surface area contributed by atoms with Gasteiger partial charge in [0.15, 0.2) is 0 Å². The second kappa shape index (κ2) is 7.19. The fraction of sp³-hybridized carbons (Fsp3) is 0.467. The van der Waals surface area contributed by atoms with Crippen LogP contribution in [0.2, 0.25) is 0 Å². The van der Waals surface area contributed by atoms with Crippen LogP contribution >= 0.6 is 0 Å². The van der Waals surface area contributed by atoms with Crippen molar-refractivity contribution in [2.24, 2.45) is 5.73 Å². The number of ether oxygens (including phenoxy) is 1. The van der Waals surface area contributed by atoms with Gasteiger partial charge in [0.05, 0.1) is 17.4 Å². The molecule has 2 atom stereocenters. The predicted molar refractivity (Wildman–Crippen MR) is 80.0 cm³/mol. The number of hydrogen-bond acceptors (Lipinski definition) is 4. The Morgan fingerprint density at radius 1 is 1.33 bits per heavy atom. The second-order valence-electron chi connectivity index (χ2n) is 5.09. The van der Waals surface area contributed by atoms with Gasteiger partial charge >= 0.3 is 0 Å². The monoisotopic (exact) mass is 291 g/mol. The van der Waals surface area contributed by atoms with Gasteiger partial charge in [-0.25, -0.2) is 0 Å². The Morgan fingerprint density at radius 3 is 2.76 bits per heavy atom. The number of rotatable bonds is 5. The van der Waals surface area contributed by atoms with E-state index in [0.29, 0.717) is 30.8 Å². The van der Waals surface area contributed by atoms with Gasteiger partial charge in [0.2, 0.25) is 0 Å². The molecule has 0 radical (unpaired) electrons. The molecule has 21 heavy (non-hydrogen) atoms. The summed E-state index contributed by atoms with van der Waals surface area (Å²) in [5.74, 6) is -0.463. The van der Waals surface area contributed by atoms with Crippen LogP contribution in [0.1, 0.15) is 30.1 Å². The molecule has 2 amide bonds. The molecule has 114 valence electrons. The predicted octanol–water partition coefficient (Wildman–Crippen LogP) is 0.881. The molecule has 1 saturated heterocycles. The first-order valence-electron chi connectivity index (χ1n) is 7.15. The highest BCUT2D eigenvalue weighted by molar-refractivity contribution is 6.04. The second-order valence-corrected chi connectivity index (χ2v) is 5.09. The zero-order valence-electron chi connectivity index (χ0n) is 12.1. The lowest BCUT2D eigenvalue weighted by Gasteiger charge is -2.14. The van der Waals surface area contributed by atoms with Crippen molar-refractivity contribution >= 4 is 17.5 Å². The van der Waals surface area contributed by atoms with E-state index in [4.69, 9.17) is 10.5 Å². The van der Waals surface area contributed by atoms with Gasteiger partial charge in [-0.1, -0.05) is 12.1 Å². The average Bonchev–Trinajstić information content (AvgIpc) is 2.92. The van der Waals surface area contributed by atoms with Crippen molar-refractivity contribution in [2.75, 3.05) is 18.4 Å². The quantitative estimate of drug-likeness (QED) is 0.750. The van der Waals surface area contributed by atoms with E-state index in [2.05, 4.69) is 10.6 Å².